The largest absolute Gasteiger partial charge is 0.368 e. The number of ether oxygens (including phenoxy) is 1. The van der Waals surface area contributed by atoms with Crippen LogP contribution in [0.15, 0.2) is 24.3 Å². The first-order chi connectivity index (χ1) is 12.7. The molecule has 0 aliphatic carbocycles. The van der Waals surface area contributed by atoms with Gasteiger partial charge in [0.25, 0.3) is 0 Å². The molecule has 1 atom stereocenters. The highest BCUT2D eigenvalue weighted by Crippen LogP contribution is 2.17. The Morgan fingerprint density at radius 1 is 1.31 bits per heavy atom. The third-order valence-corrected chi connectivity index (χ3v) is 4.51. The molecule has 1 unspecified atom stereocenters. The van der Waals surface area contributed by atoms with Gasteiger partial charge in [0.15, 0.2) is 0 Å². The van der Waals surface area contributed by atoms with Crippen molar-refractivity contribution in [2.24, 2.45) is 0 Å². The number of para-hydroxylation sites is 2. The van der Waals surface area contributed by atoms with Crippen LogP contribution >= 0.6 is 0 Å². The van der Waals surface area contributed by atoms with Gasteiger partial charge in [-0.25, -0.2) is 4.98 Å². The monoisotopic (exact) mass is 358 g/mol. The third-order valence-electron chi connectivity index (χ3n) is 4.51. The van der Waals surface area contributed by atoms with E-state index in [0.29, 0.717) is 26.1 Å². The first-order valence-electron chi connectivity index (χ1n) is 9.29. The van der Waals surface area contributed by atoms with Gasteiger partial charge in [-0.2, -0.15) is 0 Å². The summed E-state index contributed by atoms with van der Waals surface area (Å²) in [5, 5.41) is 5.76. The van der Waals surface area contributed by atoms with E-state index in [1.807, 2.05) is 35.8 Å². The van der Waals surface area contributed by atoms with Gasteiger partial charge in [-0.15, -0.1) is 0 Å². The molecule has 1 aliphatic heterocycles. The summed E-state index contributed by atoms with van der Waals surface area (Å²) in [7, 11) is 0. The molecule has 1 aromatic heterocycles. The molecule has 1 fully saturated rings. The molecule has 7 heteroatoms. The molecule has 0 radical (unpaired) electrons. The third kappa shape index (κ3) is 4.40. The Morgan fingerprint density at radius 3 is 2.92 bits per heavy atom. The van der Waals surface area contributed by atoms with Gasteiger partial charge in [-0.3, -0.25) is 9.59 Å². The molecule has 2 amide bonds. The number of benzene rings is 1. The zero-order valence-corrected chi connectivity index (χ0v) is 15.2. The van der Waals surface area contributed by atoms with Crippen molar-refractivity contribution >= 4 is 22.8 Å². The van der Waals surface area contributed by atoms with Crippen LogP contribution in [0.3, 0.4) is 0 Å². The minimum absolute atomic E-state index is 0.0245. The van der Waals surface area contributed by atoms with Gasteiger partial charge in [0.05, 0.1) is 11.0 Å². The summed E-state index contributed by atoms with van der Waals surface area (Å²) in [5.41, 5.74) is 1.84. The number of imidazole rings is 1. The van der Waals surface area contributed by atoms with Crippen molar-refractivity contribution in [2.45, 2.75) is 45.3 Å². The van der Waals surface area contributed by atoms with Crippen LogP contribution < -0.4 is 10.6 Å². The van der Waals surface area contributed by atoms with Crippen LogP contribution in [0.2, 0.25) is 0 Å². The highest BCUT2D eigenvalue weighted by molar-refractivity contribution is 5.81. The predicted octanol–water partition coefficient (Wildman–Crippen LogP) is 1.40. The number of hydrogen-bond donors (Lipinski definition) is 2. The Labute approximate surface area is 153 Å². The van der Waals surface area contributed by atoms with Crippen LogP contribution in [0, 0.1) is 0 Å². The number of nitrogens with one attached hydrogen (secondary N) is 2. The van der Waals surface area contributed by atoms with Crippen molar-refractivity contribution in [1.29, 1.82) is 0 Å². The van der Waals surface area contributed by atoms with Crippen LogP contribution in [0.4, 0.5) is 0 Å². The fourth-order valence-electron chi connectivity index (χ4n) is 3.25. The van der Waals surface area contributed by atoms with Gasteiger partial charge in [0.2, 0.25) is 11.8 Å². The number of carbonyl (C=O) groups excluding carboxylic acids is 2. The molecule has 0 bridgehead atoms. The smallest absolute Gasteiger partial charge is 0.249 e. The molecule has 1 aromatic carbocycles. The lowest BCUT2D eigenvalue weighted by Crippen LogP contribution is -2.34. The second kappa shape index (κ2) is 8.80. The lowest BCUT2D eigenvalue weighted by atomic mass is 10.2. The van der Waals surface area contributed by atoms with Gasteiger partial charge >= 0.3 is 0 Å². The van der Waals surface area contributed by atoms with E-state index >= 15 is 0 Å². The molecule has 0 spiro atoms. The lowest BCUT2D eigenvalue weighted by Gasteiger charge is -2.11. The number of aromatic nitrogens is 2. The van der Waals surface area contributed by atoms with Crippen LogP contribution in [-0.2, 0) is 27.3 Å². The Bertz CT molecular complexity index is 765. The first kappa shape index (κ1) is 18.4. The zero-order valence-electron chi connectivity index (χ0n) is 15.2. The topological polar surface area (TPSA) is 85.2 Å². The standard InChI is InChI=1S/C19H26N4O3/c1-2-20-18(24)13-23-15-8-4-3-7-14(15)22-17(23)10-5-11-21-19(25)16-9-6-12-26-16/h3-4,7-8,16H,2,5-6,9-13H2,1H3,(H,20,24)(H,21,25). The maximum atomic E-state index is 12.0. The quantitative estimate of drug-likeness (QED) is 0.699. The van der Waals surface area contributed by atoms with Gasteiger partial charge < -0.3 is 19.9 Å². The van der Waals surface area contributed by atoms with Gasteiger partial charge in [-0.1, -0.05) is 12.1 Å². The second-order valence-electron chi connectivity index (χ2n) is 6.45. The molecule has 1 saturated heterocycles. The fraction of sp³-hybridized carbons (Fsp3) is 0.526. The Hall–Kier alpha value is -2.41. The van der Waals surface area contributed by atoms with E-state index in [2.05, 4.69) is 15.6 Å². The highest BCUT2D eigenvalue weighted by atomic mass is 16.5. The summed E-state index contributed by atoms with van der Waals surface area (Å²) in [6, 6.07) is 7.82. The molecule has 26 heavy (non-hydrogen) atoms. The van der Waals surface area contributed by atoms with Gasteiger partial charge in [-0.05, 0) is 38.3 Å². The number of likely N-dealkylation sites (N-methyl/N-ethyl adjacent to an activating group) is 1. The molecular formula is C19H26N4O3. The van der Waals surface area contributed by atoms with Crippen molar-refractivity contribution in [3.8, 4) is 0 Å². The molecule has 2 heterocycles. The summed E-state index contributed by atoms with van der Waals surface area (Å²) in [6.07, 6.45) is 2.91. The molecule has 2 aromatic rings. The Kier molecular flexibility index (Phi) is 6.22. The number of fused-ring (bicyclic) bond motifs is 1. The van der Waals surface area contributed by atoms with Crippen molar-refractivity contribution < 1.29 is 14.3 Å². The van der Waals surface area contributed by atoms with Crippen molar-refractivity contribution in [2.75, 3.05) is 19.7 Å². The normalized spacial score (nSPS) is 16.7. The van der Waals surface area contributed by atoms with Crippen molar-refractivity contribution in [3.05, 3.63) is 30.1 Å². The number of nitrogens with zero attached hydrogens (tertiary/aromatic N) is 2. The first-order valence-corrected chi connectivity index (χ1v) is 9.29. The van der Waals surface area contributed by atoms with E-state index in [4.69, 9.17) is 4.74 Å². The van der Waals surface area contributed by atoms with E-state index in [1.165, 1.54) is 0 Å². The average molecular weight is 358 g/mol. The van der Waals surface area contributed by atoms with Gasteiger partial charge in [0, 0.05) is 26.1 Å². The molecule has 1 aliphatic rings. The maximum absolute atomic E-state index is 12.0. The number of rotatable bonds is 8. The number of amides is 2. The lowest BCUT2D eigenvalue weighted by molar-refractivity contribution is -0.130. The van der Waals surface area contributed by atoms with E-state index in [1.54, 1.807) is 0 Å². The number of carbonyl (C=O) groups is 2. The van der Waals surface area contributed by atoms with Crippen LogP contribution in [0.25, 0.3) is 11.0 Å². The SMILES string of the molecule is CCNC(=O)Cn1c(CCCNC(=O)C2CCCO2)nc2ccccc21. The molecule has 140 valence electrons. The Balaban J connectivity index is 1.61. The van der Waals surface area contributed by atoms with Crippen molar-refractivity contribution in [3.63, 3.8) is 0 Å². The second-order valence-corrected chi connectivity index (χ2v) is 6.45. The van der Waals surface area contributed by atoms with E-state index in [0.717, 1.165) is 36.1 Å². The summed E-state index contributed by atoms with van der Waals surface area (Å²) in [4.78, 5) is 28.7. The molecule has 0 saturated carbocycles. The fourth-order valence-corrected chi connectivity index (χ4v) is 3.25. The van der Waals surface area contributed by atoms with E-state index in [9.17, 15) is 9.59 Å². The zero-order chi connectivity index (χ0) is 18.4. The Morgan fingerprint density at radius 2 is 2.15 bits per heavy atom. The van der Waals surface area contributed by atoms with Gasteiger partial charge in [0.1, 0.15) is 18.5 Å². The van der Waals surface area contributed by atoms with Crippen LogP contribution in [0.5, 0.6) is 0 Å². The minimum atomic E-state index is -0.294. The molecular weight excluding hydrogens is 332 g/mol. The minimum Gasteiger partial charge on any atom is -0.368 e. The van der Waals surface area contributed by atoms with Crippen molar-refractivity contribution in [1.82, 2.24) is 20.2 Å². The summed E-state index contributed by atoms with van der Waals surface area (Å²) in [5.74, 6) is 0.811. The molecule has 7 nitrogen and oxygen atoms in total. The molecule has 2 N–H and O–H groups in total. The highest BCUT2D eigenvalue weighted by Gasteiger charge is 2.23. The summed E-state index contributed by atoms with van der Waals surface area (Å²) >= 11 is 0. The van der Waals surface area contributed by atoms with E-state index in [-0.39, 0.29) is 24.5 Å². The number of hydrogen-bond acceptors (Lipinski definition) is 4. The summed E-state index contributed by atoms with van der Waals surface area (Å²) in [6.45, 7) is 4.01. The van der Waals surface area contributed by atoms with Crippen LogP contribution in [0.1, 0.15) is 32.0 Å². The maximum Gasteiger partial charge on any atom is 0.249 e. The summed E-state index contributed by atoms with van der Waals surface area (Å²) < 4.78 is 7.34. The average Bonchev–Trinajstić information content (AvgIpc) is 3.28. The molecule has 3 rings (SSSR count). The van der Waals surface area contributed by atoms with Crippen LogP contribution in [-0.4, -0.2) is 47.2 Å². The predicted molar refractivity (Wildman–Crippen MR) is 98.7 cm³/mol. The van der Waals surface area contributed by atoms with E-state index < -0.39 is 0 Å². The number of aryl methyl sites for hydroxylation is 1.